The first-order valence-electron chi connectivity index (χ1n) is 8.35. The predicted molar refractivity (Wildman–Crippen MR) is 113 cm³/mol. The molecule has 0 amide bonds. The predicted octanol–water partition coefficient (Wildman–Crippen LogP) is 0.505. The Hall–Kier alpha value is 0.293. The summed E-state index contributed by atoms with van der Waals surface area (Å²) in [5.74, 6) is 0.547. The Morgan fingerprint density at radius 1 is 1.19 bits per heavy atom. The molecule has 0 aromatic heterocycles. The number of hydrogen-bond donors (Lipinski definition) is 0. The van der Waals surface area contributed by atoms with Gasteiger partial charge in [-0.3, -0.25) is 6.08 Å². The largest absolute Gasteiger partial charge is 1.00 e. The molecule has 1 aliphatic heterocycles. The molecule has 0 aromatic carbocycles. The quantitative estimate of drug-likeness (QED) is 0.363. The molecule has 0 N–H and O–H groups in total. The zero-order valence-electron chi connectivity index (χ0n) is 16.7. The zero-order chi connectivity index (χ0) is 18.6. The molecule has 5 heteroatoms. The summed E-state index contributed by atoms with van der Waals surface area (Å²) in [5, 5.41) is 3.17. The van der Waals surface area contributed by atoms with E-state index in [2.05, 4.69) is 83.1 Å². The van der Waals surface area contributed by atoms with Gasteiger partial charge in [-0.05, 0) is 19.8 Å². The molecule has 1 heterocycles. The smallest absolute Gasteiger partial charge is 1.00 e. The first-order valence-corrected chi connectivity index (χ1v) is 12.6. The Bertz CT molecular complexity index is 778. The maximum Gasteiger partial charge on any atom is -1.00 e. The van der Waals surface area contributed by atoms with Crippen molar-refractivity contribution >= 4 is 22.9 Å². The van der Waals surface area contributed by atoms with Crippen LogP contribution in [0, 0.1) is 18.1 Å². The molecule has 3 aliphatic carbocycles. The number of hydrogen-bond acceptors (Lipinski definition) is 1. The van der Waals surface area contributed by atoms with Crippen LogP contribution >= 0.6 is 19.7 Å². The van der Waals surface area contributed by atoms with Gasteiger partial charge in [0.1, 0.15) is 0 Å². The van der Waals surface area contributed by atoms with Gasteiger partial charge in [-0.2, -0.15) is 23.9 Å². The average molecular weight is 515 g/mol. The summed E-state index contributed by atoms with van der Waals surface area (Å²) in [7, 11) is 0.0457. The van der Waals surface area contributed by atoms with Crippen LogP contribution in [-0.2, 0) is 24.2 Å². The van der Waals surface area contributed by atoms with E-state index in [1.807, 2.05) is 6.08 Å². The summed E-state index contributed by atoms with van der Waals surface area (Å²) in [6.45, 7) is 11.0. The number of allylic oxidation sites excluding steroid dienone is 13. The Morgan fingerprint density at radius 2 is 1.81 bits per heavy atom. The molecule has 144 valence electrons. The molecule has 0 nitrogen and oxygen atoms in total. The molecule has 0 saturated heterocycles. The van der Waals surface area contributed by atoms with Gasteiger partial charge >= 0.3 is 41.3 Å². The molecular formula is C22H25Cl2PSZr-2. The van der Waals surface area contributed by atoms with E-state index in [9.17, 15) is 0 Å². The molecular weight excluding hydrogens is 489 g/mol. The first kappa shape index (κ1) is 27.3. The van der Waals surface area contributed by atoms with Gasteiger partial charge in [0.05, 0.1) is 0 Å². The third kappa shape index (κ3) is 7.56. The molecule has 27 heavy (non-hydrogen) atoms. The summed E-state index contributed by atoms with van der Waals surface area (Å²) in [4.78, 5) is 1.33. The topological polar surface area (TPSA) is 0 Å². The number of rotatable bonds is 1. The van der Waals surface area contributed by atoms with Crippen molar-refractivity contribution in [3.63, 3.8) is 0 Å². The Labute approximate surface area is 198 Å². The first-order chi connectivity index (χ1) is 11.8. The summed E-state index contributed by atoms with van der Waals surface area (Å²) in [6.07, 6.45) is 21.7. The molecule has 0 aromatic rings. The third-order valence-corrected chi connectivity index (χ3v) is 7.22. The minimum absolute atomic E-state index is 0. The van der Waals surface area contributed by atoms with Crippen molar-refractivity contribution in [2.75, 3.05) is 12.9 Å². The van der Waals surface area contributed by atoms with E-state index in [0.717, 1.165) is 0 Å². The van der Waals surface area contributed by atoms with Crippen molar-refractivity contribution < 1.29 is 49.0 Å². The summed E-state index contributed by atoms with van der Waals surface area (Å²) >= 11 is 3.33. The van der Waals surface area contributed by atoms with Crippen molar-refractivity contribution in [1.29, 1.82) is 0 Å². The minimum atomic E-state index is 0. The van der Waals surface area contributed by atoms with Crippen LogP contribution in [-0.4, -0.2) is 16.1 Å². The van der Waals surface area contributed by atoms with Crippen LogP contribution < -0.4 is 24.8 Å². The molecule has 0 spiro atoms. The van der Waals surface area contributed by atoms with Crippen molar-refractivity contribution in [3.8, 4) is 0 Å². The maximum absolute atomic E-state index is 3.44. The van der Waals surface area contributed by atoms with Gasteiger partial charge in [0, 0.05) is 0 Å². The normalized spacial score (nSPS) is 22.7. The Morgan fingerprint density at radius 3 is 2.37 bits per heavy atom. The van der Waals surface area contributed by atoms with E-state index in [4.69, 9.17) is 0 Å². The van der Waals surface area contributed by atoms with Gasteiger partial charge in [0.15, 0.2) is 0 Å². The number of fused-ring (bicyclic) bond motifs is 2. The fraction of sp³-hybridized carbons (Fsp3) is 0.318. The van der Waals surface area contributed by atoms with Crippen molar-refractivity contribution in [1.82, 2.24) is 0 Å². The Kier molecular flexibility index (Phi) is 12.9. The van der Waals surface area contributed by atoms with Crippen LogP contribution in [0.1, 0.15) is 27.7 Å². The van der Waals surface area contributed by atoms with Gasteiger partial charge in [0.2, 0.25) is 0 Å². The van der Waals surface area contributed by atoms with E-state index >= 15 is 0 Å². The third-order valence-electron chi connectivity index (χ3n) is 4.05. The van der Waals surface area contributed by atoms with Crippen LogP contribution in [0.3, 0.4) is 0 Å². The fourth-order valence-corrected chi connectivity index (χ4v) is 5.12. The molecule has 0 radical (unpaired) electrons. The second kappa shape index (κ2) is 12.8. The fourth-order valence-electron chi connectivity index (χ4n) is 2.81. The van der Waals surface area contributed by atoms with E-state index in [0.29, 0.717) is 5.92 Å². The van der Waals surface area contributed by atoms with E-state index in [-0.39, 0.29) is 32.7 Å². The molecule has 0 bridgehead atoms. The van der Waals surface area contributed by atoms with Gasteiger partial charge in [-0.15, -0.1) is 28.6 Å². The monoisotopic (exact) mass is 512 g/mol. The van der Waals surface area contributed by atoms with Crippen molar-refractivity contribution in [3.05, 3.63) is 80.9 Å². The summed E-state index contributed by atoms with van der Waals surface area (Å²) in [5.41, 5.74) is 3.90. The zero-order valence-corrected chi connectivity index (χ0v) is 22.3. The molecule has 0 saturated carbocycles. The number of halogens is 2. The van der Waals surface area contributed by atoms with Crippen LogP contribution in [0.15, 0.2) is 68.7 Å². The van der Waals surface area contributed by atoms with Crippen LogP contribution in [0.2, 0.25) is 0 Å². The van der Waals surface area contributed by atoms with Crippen molar-refractivity contribution in [2.45, 2.75) is 27.7 Å². The Balaban J connectivity index is 0.000000397. The van der Waals surface area contributed by atoms with Crippen LogP contribution in [0.4, 0.5) is 0 Å². The number of thioether (sulfide) groups is 1. The van der Waals surface area contributed by atoms with E-state index in [1.54, 1.807) is 46.6 Å². The van der Waals surface area contributed by atoms with Gasteiger partial charge in [-0.25, -0.2) is 11.6 Å². The van der Waals surface area contributed by atoms with Gasteiger partial charge in [0.25, 0.3) is 0 Å². The minimum Gasteiger partial charge on any atom is -1.00 e. The molecule has 0 fully saturated rings. The second-order valence-electron chi connectivity index (χ2n) is 6.45. The average Bonchev–Trinajstić information content (AvgIpc) is 3.25. The molecule has 4 rings (SSSR count). The molecule has 2 unspecified atom stereocenters. The van der Waals surface area contributed by atoms with E-state index in [1.165, 1.54) is 24.8 Å². The molecule has 4 aliphatic rings. The maximum atomic E-state index is 3.44. The summed E-state index contributed by atoms with van der Waals surface area (Å²) < 4.78 is 1.51. The second-order valence-corrected chi connectivity index (χ2v) is 12.1. The van der Waals surface area contributed by atoms with Crippen LogP contribution in [0.25, 0.3) is 0 Å². The van der Waals surface area contributed by atoms with E-state index < -0.39 is 0 Å². The van der Waals surface area contributed by atoms with Gasteiger partial charge in [-0.1, -0.05) is 43.1 Å². The van der Waals surface area contributed by atoms with Crippen molar-refractivity contribution in [2.24, 2.45) is 5.92 Å². The van der Waals surface area contributed by atoms with Gasteiger partial charge < -0.3 is 24.8 Å². The van der Waals surface area contributed by atoms with Crippen LogP contribution in [0.5, 0.6) is 0 Å². The standard InChI is InChI=1S/C10H12P.C9H7S.C3H6.2ClH.Zr/c1-7-4-9-6-8(2)11(3)10(9)5-7;1-10-9-6-5-7-3-2-4-8(7)9;1-3-2;;;/h5-6,9H,1-3H3;2-3,5-6H,1H3;1-2H3;2*1H;/q2*-1;;;;+2/p-2. The SMILES string of the molecule is CC1=[C-]C2C=C(C)P(C)C2=C1.CSC1=CC=C2C=C[C-]=C21.C[C](C)=[Zr+2].[Cl-].[Cl-]. The molecule has 2 atom stereocenters. The summed E-state index contributed by atoms with van der Waals surface area (Å²) in [6, 6.07) is 0.